The summed E-state index contributed by atoms with van der Waals surface area (Å²) >= 11 is 1.86. The lowest BCUT2D eigenvalue weighted by Gasteiger charge is -2.38. The van der Waals surface area contributed by atoms with Crippen LogP contribution in [-0.4, -0.2) is 39.7 Å². The van der Waals surface area contributed by atoms with E-state index in [4.69, 9.17) is 4.99 Å². The van der Waals surface area contributed by atoms with Crippen LogP contribution in [0.4, 0.5) is 0 Å². The molecule has 2 atom stereocenters. The van der Waals surface area contributed by atoms with Gasteiger partial charge in [0.15, 0.2) is 5.17 Å². The van der Waals surface area contributed by atoms with Gasteiger partial charge in [-0.1, -0.05) is 31.0 Å². The molecule has 0 aromatic rings. The lowest BCUT2D eigenvalue weighted by molar-refractivity contribution is 0.232. The second-order valence-electron chi connectivity index (χ2n) is 5.76. The number of thioether (sulfide) groups is 1. The summed E-state index contributed by atoms with van der Waals surface area (Å²) in [6.45, 7) is 3.07. The monoisotopic (exact) mass is 288 g/mol. The molecule has 0 aromatic heterocycles. The molecule has 0 aromatic carbocycles. The molecule has 18 heavy (non-hydrogen) atoms. The zero-order chi connectivity index (χ0) is 13.0. The van der Waals surface area contributed by atoms with E-state index in [9.17, 15) is 4.21 Å². The average molecular weight is 288 g/mol. The van der Waals surface area contributed by atoms with Gasteiger partial charge in [0, 0.05) is 41.1 Å². The average Bonchev–Trinajstić information content (AvgIpc) is 2.33. The fourth-order valence-electron chi connectivity index (χ4n) is 2.85. The predicted octanol–water partition coefficient (Wildman–Crippen LogP) is 2.40. The van der Waals surface area contributed by atoms with E-state index in [1.54, 1.807) is 6.26 Å². The number of nitrogens with zero attached hydrogens (tertiary/aromatic N) is 1. The maximum Gasteiger partial charge on any atom is 0.156 e. The maximum atomic E-state index is 11.2. The van der Waals surface area contributed by atoms with Crippen LogP contribution < -0.4 is 5.32 Å². The molecular weight excluding hydrogens is 264 g/mol. The minimum atomic E-state index is -0.738. The predicted molar refractivity (Wildman–Crippen MR) is 81.8 cm³/mol. The fourth-order valence-corrected chi connectivity index (χ4v) is 4.90. The molecule has 1 aliphatic heterocycles. The topological polar surface area (TPSA) is 41.5 Å². The first kappa shape index (κ1) is 14.4. The summed E-state index contributed by atoms with van der Waals surface area (Å²) in [6.07, 6.45) is 8.62. The second-order valence-corrected chi connectivity index (χ2v) is 8.20. The highest BCUT2D eigenvalue weighted by Crippen LogP contribution is 2.41. The van der Waals surface area contributed by atoms with Crippen molar-refractivity contribution in [2.45, 2.75) is 45.1 Å². The molecule has 3 nitrogen and oxygen atoms in total. The maximum absolute atomic E-state index is 11.2. The highest BCUT2D eigenvalue weighted by Gasteiger charge is 2.34. The molecule has 0 bridgehead atoms. The third-order valence-electron chi connectivity index (χ3n) is 3.84. The van der Waals surface area contributed by atoms with Crippen LogP contribution in [0.25, 0.3) is 0 Å². The van der Waals surface area contributed by atoms with Gasteiger partial charge in [0.05, 0.1) is 0 Å². The van der Waals surface area contributed by atoms with Crippen molar-refractivity contribution >= 4 is 27.7 Å². The molecule has 1 fully saturated rings. The Hall–Kier alpha value is -0.0300. The smallest absolute Gasteiger partial charge is 0.156 e. The van der Waals surface area contributed by atoms with Gasteiger partial charge in [-0.05, 0) is 25.2 Å². The summed E-state index contributed by atoms with van der Waals surface area (Å²) in [6, 6.07) is 0.252. The molecule has 1 N–H and O–H groups in total. The minimum absolute atomic E-state index is 0.252. The van der Waals surface area contributed by atoms with E-state index in [0.29, 0.717) is 11.2 Å². The summed E-state index contributed by atoms with van der Waals surface area (Å²) in [5.41, 5.74) is 0.491. The Morgan fingerprint density at radius 1 is 1.44 bits per heavy atom. The molecule has 1 heterocycles. The van der Waals surface area contributed by atoms with Crippen LogP contribution >= 0.6 is 11.8 Å². The lowest BCUT2D eigenvalue weighted by Crippen LogP contribution is -2.40. The third kappa shape index (κ3) is 3.98. The van der Waals surface area contributed by atoms with Crippen molar-refractivity contribution in [2.75, 3.05) is 24.3 Å². The summed E-state index contributed by atoms with van der Waals surface area (Å²) in [5.74, 6) is 1.91. The van der Waals surface area contributed by atoms with E-state index < -0.39 is 10.8 Å². The Morgan fingerprint density at radius 3 is 2.72 bits per heavy atom. The van der Waals surface area contributed by atoms with Crippen LogP contribution in [-0.2, 0) is 10.8 Å². The van der Waals surface area contributed by atoms with E-state index in [1.807, 2.05) is 11.8 Å². The molecule has 0 saturated heterocycles. The van der Waals surface area contributed by atoms with E-state index in [-0.39, 0.29) is 6.04 Å². The first-order valence-corrected chi connectivity index (χ1v) is 9.55. The first-order chi connectivity index (χ1) is 8.60. The molecule has 2 rings (SSSR count). The molecule has 1 spiro atoms. The van der Waals surface area contributed by atoms with Crippen LogP contribution in [0, 0.1) is 5.41 Å². The number of nitrogens with one attached hydrogen (secondary N) is 1. The van der Waals surface area contributed by atoms with Crippen LogP contribution in [0.5, 0.6) is 0 Å². The normalized spacial score (nSPS) is 26.4. The summed E-state index contributed by atoms with van der Waals surface area (Å²) in [4.78, 5) is 4.72. The molecular formula is C13H24N2OS2. The van der Waals surface area contributed by atoms with Gasteiger partial charge < -0.3 is 5.32 Å². The van der Waals surface area contributed by atoms with Crippen molar-refractivity contribution in [3.8, 4) is 0 Å². The summed E-state index contributed by atoms with van der Waals surface area (Å²) in [5, 5.41) is 4.45. The van der Waals surface area contributed by atoms with Gasteiger partial charge in [-0.3, -0.25) is 9.20 Å². The van der Waals surface area contributed by atoms with Gasteiger partial charge in [-0.15, -0.1) is 0 Å². The van der Waals surface area contributed by atoms with Crippen molar-refractivity contribution in [1.29, 1.82) is 0 Å². The van der Waals surface area contributed by atoms with Crippen molar-refractivity contribution < 1.29 is 4.21 Å². The van der Waals surface area contributed by atoms with Crippen LogP contribution in [0.3, 0.4) is 0 Å². The van der Waals surface area contributed by atoms with Gasteiger partial charge in [-0.2, -0.15) is 0 Å². The Kier molecular flexibility index (Phi) is 5.13. The minimum Gasteiger partial charge on any atom is -0.362 e. The van der Waals surface area contributed by atoms with Gasteiger partial charge in [0.2, 0.25) is 0 Å². The van der Waals surface area contributed by atoms with Crippen LogP contribution in [0.15, 0.2) is 4.99 Å². The lowest BCUT2D eigenvalue weighted by atomic mass is 9.75. The Bertz CT molecular complexity index is 338. The van der Waals surface area contributed by atoms with Crippen molar-refractivity contribution in [2.24, 2.45) is 10.4 Å². The van der Waals surface area contributed by atoms with E-state index in [1.165, 1.54) is 37.9 Å². The largest absolute Gasteiger partial charge is 0.362 e. The van der Waals surface area contributed by atoms with E-state index >= 15 is 0 Å². The Labute approximate surface area is 117 Å². The number of hydrogen-bond acceptors (Lipinski definition) is 4. The standard InChI is InChI=1S/C13H24N2OS2/c1-11(8-18(2)16)15-12-14-9-13(10-17-12)6-4-3-5-7-13/h11H,3-10H2,1-2H3,(H,14,15). The summed E-state index contributed by atoms with van der Waals surface area (Å²) < 4.78 is 11.2. The van der Waals surface area contributed by atoms with E-state index in [0.717, 1.165) is 11.7 Å². The molecule has 0 amide bonds. The second kappa shape index (κ2) is 6.42. The summed E-state index contributed by atoms with van der Waals surface area (Å²) in [7, 11) is -0.738. The SMILES string of the molecule is CC(CS(C)=O)NC1=NCC2(CCCCC2)CS1. The van der Waals surface area contributed by atoms with E-state index in [2.05, 4.69) is 12.2 Å². The first-order valence-electron chi connectivity index (χ1n) is 6.83. The van der Waals surface area contributed by atoms with Crippen molar-refractivity contribution in [3.63, 3.8) is 0 Å². The zero-order valence-electron chi connectivity index (χ0n) is 11.4. The third-order valence-corrected chi connectivity index (χ3v) is 6.09. The number of hydrogen-bond donors (Lipinski definition) is 1. The van der Waals surface area contributed by atoms with Gasteiger partial charge in [0.25, 0.3) is 0 Å². The number of rotatable bonds is 3. The van der Waals surface area contributed by atoms with Crippen LogP contribution in [0.1, 0.15) is 39.0 Å². The molecule has 0 radical (unpaired) electrons. The molecule has 5 heteroatoms. The zero-order valence-corrected chi connectivity index (χ0v) is 13.0. The molecule has 1 saturated carbocycles. The van der Waals surface area contributed by atoms with Crippen molar-refractivity contribution in [1.82, 2.24) is 5.32 Å². The molecule has 1 aliphatic carbocycles. The highest BCUT2D eigenvalue weighted by atomic mass is 32.2. The quantitative estimate of drug-likeness (QED) is 0.867. The molecule has 104 valence electrons. The van der Waals surface area contributed by atoms with Gasteiger partial charge in [0.1, 0.15) is 0 Å². The Balaban J connectivity index is 1.84. The number of aliphatic imine (C=N–C) groups is 1. The molecule has 2 unspecified atom stereocenters. The molecule has 2 aliphatic rings. The van der Waals surface area contributed by atoms with Crippen molar-refractivity contribution in [3.05, 3.63) is 0 Å². The van der Waals surface area contributed by atoms with Crippen LogP contribution in [0.2, 0.25) is 0 Å². The number of amidine groups is 1. The highest BCUT2D eigenvalue weighted by molar-refractivity contribution is 8.13. The van der Waals surface area contributed by atoms with Gasteiger partial charge in [-0.25, -0.2) is 0 Å². The van der Waals surface area contributed by atoms with Gasteiger partial charge >= 0.3 is 0 Å². The Morgan fingerprint density at radius 2 is 2.17 bits per heavy atom. The fraction of sp³-hybridized carbons (Fsp3) is 0.923.